The summed E-state index contributed by atoms with van der Waals surface area (Å²) < 4.78 is 0. The second-order valence-electron chi connectivity index (χ2n) is 5.61. The molecule has 2 rings (SSSR count). The van der Waals surface area contributed by atoms with Crippen molar-refractivity contribution in [1.29, 1.82) is 0 Å². The van der Waals surface area contributed by atoms with Gasteiger partial charge in [-0.15, -0.1) is 0 Å². The lowest BCUT2D eigenvalue weighted by Crippen LogP contribution is -2.51. The maximum Gasteiger partial charge on any atom is 0.227 e. The number of hydrogen-bond donors (Lipinski definition) is 1. The van der Waals surface area contributed by atoms with Crippen molar-refractivity contribution in [2.45, 2.75) is 25.8 Å². The van der Waals surface area contributed by atoms with Gasteiger partial charge in [0, 0.05) is 38.6 Å². The molecule has 114 valence electrons. The second kappa shape index (κ2) is 7.22. The molecule has 1 aliphatic rings. The highest BCUT2D eigenvalue weighted by Gasteiger charge is 2.24. The summed E-state index contributed by atoms with van der Waals surface area (Å²) in [7, 11) is 0. The molecule has 21 heavy (non-hydrogen) atoms. The topological polar surface area (TPSA) is 66.6 Å². The van der Waals surface area contributed by atoms with E-state index in [1.807, 2.05) is 42.2 Å². The monoisotopic (exact) mass is 289 g/mol. The first-order valence-corrected chi connectivity index (χ1v) is 7.41. The van der Waals surface area contributed by atoms with Crippen molar-refractivity contribution in [2.24, 2.45) is 5.73 Å². The molecule has 1 aromatic rings. The highest BCUT2D eigenvalue weighted by atomic mass is 16.2. The number of nitrogens with two attached hydrogens (primary N) is 1. The van der Waals surface area contributed by atoms with Crippen molar-refractivity contribution in [3.8, 4) is 0 Å². The van der Waals surface area contributed by atoms with Crippen molar-refractivity contribution in [1.82, 2.24) is 9.80 Å². The quantitative estimate of drug-likeness (QED) is 0.884. The molecule has 5 heteroatoms. The van der Waals surface area contributed by atoms with Crippen molar-refractivity contribution in [3.63, 3.8) is 0 Å². The van der Waals surface area contributed by atoms with Crippen molar-refractivity contribution >= 4 is 11.8 Å². The van der Waals surface area contributed by atoms with Crippen LogP contribution in [-0.4, -0.2) is 53.8 Å². The molecule has 1 aliphatic heterocycles. The largest absolute Gasteiger partial charge is 0.339 e. The highest BCUT2D eigenvalue weighted by Crippen LogP contribution is 2.08. The first-order chi connectivity index (χ1) is 10.1. The maximum atomic E-state index is 12.2. The zero-order chi connectivity index (χ0) is 15.2. The zero-order valence-electron chi connectivity index (χ0n) is 12.5. The molecule has 0 bridgehead atoms. The smallest absolute Gasteiger partial charge is 0.227 e. The summed E-state index contributed by atoms with van der Waals surface area (Å²) >= 11 is 0. The van der Waals surface area contributed by atoms with E-state index in [0.717, 1.165) is 5.56 Å². The normalized spacial score (nSPS) is 16.7. The van der Waals surface area contributed by atoms with E-state index < -0.39 is 0 Å². The molecule has 0 saturated carbocycles. The van der Waals surface area contributed by atoms with Gasteiger partial charge in [-0.25, -0.2) is 0 Å². The Kier molecular flexibility index (Phi) is 5.33. The third-order valence-electron chi connectivity index (χ3n) is 3.68. The van der Waals surface area contributed by atoms with Gasteiger partial charge in [0.05, 0.1) is 6.42 Å². The van der Waals surface area contributed by atoms with E-state index in [2.05, 4.69) is 0 Å². The summed E-state index contributed by atoms with van der Waals surface area (Å²) in [4.78, 5) is 27.8. The Labute approximate surface area is 125 Å². The molecule has 1 heterocycles. The molecule has 0 aliphatic carbocycles. The Bertz CT molecular complexity index is 480. The van der Waals surface area contributed by atoms with Crippen LogP contribution < -0.4 is 5.73 Å². The minimum Gasteiger partial charge on any atom is -0.339 e. The molecule has 1 aromatic carbocycles. The summed E-state index contributed by atoms with van der Waals surface area (Å²) in [5, 5.41) is 0. The average Bonchev–Trinajstić information content (AvgIpc) is 2.47. The number of nitrogens with zero attached hydrogens (tertiary/aromatic N) is 2. The minimum atomic E-state index is -0.116. The molecular formula is C16H23N3O2. The fourth-order valence-corrected chi connectivity index (χ4v) is 2.49. The van der Waals surface area contributed by atoms with Crippen LogP contribution in [0.25, 0.3) is 0 Å². The second-order valence-corrected chi connectivity index (χ2v) is 5.61. The molecule has 0 spiro atoms. The predicted octanol–water partition coefficient (Wildman–Crippen LogP) is 0.637. The van der Waals surface area contributed by atoms with Gasteiger partial charge in [-0.1, -0.05) is 30.3 Å². The number of piperazine rings is 1. The van der Waals surface area contributed by atoms with Crippen molar-refractivity contribution in [3.05, 3.63) is 35.9 Å². The molecule has 1 unspecified atom stereocenters. The molecule has 2 amide bonds. The van der Waals surface area contributed by atoms with Gasteiger partial charge in [0.2, 0.25) is 11.8 Å². The van der Waals surface area contributed by atoms with Crippen LogP contribution in [0, 0.1) is 0 Å². The van der Waals surface area contributed by atoms with Crippen LogP contribution in [0.2, 0.25) is 0 Å². The van der Waals surface area contributed by atoms with Crippen LogP contribution in [0.15, 0.2) is 30.3 Å². The summed E-state index contributed by atoms with van der Waals surface area (Å²) in [6, 6.07) is 9.62. The highest BCUT2D eigenvalue weighted by molar-refractivity contribution is 5.80. The van der Waals surface area contributed by atoms with Crippen molar-refractivity contribution in [2.75, 3.05) is 26.2 Å². The fraction of sp³-hybridized carbons (Fsp3) is 0.500. The Morgan fingerprint density at radius 2 is 1.57 bits per heavy atom. The Morgan fingerprint density at radius 3 is 2.10 bits per heavy atom. The van der Waals surface area contributed by atoms with Gasteiger partial charge in [-0.3, -0.25) is 9.59 Å². The lowest BCUT2D eigenvalue weighted by Gasteiger charge is -2.35. The van der Waals surface area contributed by atoms with E-state index in [4.69, 9.17) is 5.73 Å². The number of amides is 2. The fourth-order valence-electron chi connectivity index (χ4n) is 2.49. The van der Waals surface area contributed by atoms with Gasteiger partial charge < -0.3 is 15.5 Å². The lowest BCUT2D eigenvalue weighted by atomic mass is 10.1. The van der Waals surface area contributed by atoms with Gasteiger partial charge in [-0.05, 0) is 12.5 Å². The Balaban J connectivity index is 1.81. The van der Waals surface area contributed by atoms with Crippen LogP contribution in [0.4, 0.5) is 0 Å². The van der Waals surface area contributed by atoms with E-state index in [1.54, 1.807) is 4.90 Å². The molecular weight excluding hydrogens is 266 g/mol. The number of benzene rings is 1. The van der Waals surface area contributed by atoms with Gasteiger partial charge >= 0.3 is 0 Å². The molecule has 1 fully saturated rings. The number of carbonyl (C=O) groups excluding carboxylic acids is 2. The van der Waals surface area contributed by atoms with E-state index in [1.165, 1.54) is 0 Å². The van der Waals surface area contributed by atoms with Gasteiger partial charge in [0.1, 0.15) is 0 Å². The van der Waals surface area contributed by atoms with Crippen LogP contribution >= 0.6 is 0 Å². The van der Waals surface area contributed by atoms with E-state index in [9.17, 15) is 9.59 Å². The minimum absolute atomic E-state index is 0.0835. The third kappa shape index (κ3) is 4.56. The summed E-state index contributed by atoms with van der Waals surface area (Å²) in [6.07, 6.45) is 0.798. The van der Waals surface area contributed by atoms with Gasteiger partial charge in [0.25, 0.3) is 0 Å². The summed E-state index contributed by atoms with van der Waals surface area (Å²) in [5.74, 6) is 0.209. The molecule has 1 atom stereocenters. The van der Waals surface area contributed by atoms with E-state index in [-0.39, 0.29) is 17.9 Å². The van der Waals surface area contributed by atoms with E-state index in [0.29, 0.717) is 39.0 Å². The zero-order valence-corrected chi connectivity index (χ0v) is 12.5. The summed E-state index contributed by atoms with van der Waals surface area (Å²) in [5.41, 5.74) is 6.68. The molecule has 2 N–H and O–H groups in total. The predicted molar refractivity (Wildman–Crippen MR) is 81.6 cm³/mol. The standard InChI is InChI=1S/C16H23N3O2/c1-13(17)11-15(20)18-7-9-19(10-8-18)16(21)12-14-5-3-2-4-6-14/h2-6,13H,7-12,17H2,1H3. The van der Waals surface area contributed by atoms with Crippen LogP contribution in [0.1, 0.15) is 18.9 Å². The first-order valence-electron chi connectivity index (χ1n) is 7.41. The molecule has 5 nitrogen and oxygen atoms in total. The van der Waals surface area contributed by atoms with Gasteiger partial charge in [0.15, 0.2) is 0 Å². The Hall–Kier alpha value is -1.88. The number of rotatable bonds is 4. The average molecular weight is 289 g/mol. The number of hydrogen-bond acceptors (Lipinski definition) is 3. The molecule has 0 aromatic heterocycles. The van der Waals surface area contributed by atoms with Crippen LogP contribution in [-0.2, 0) is 16.0 Å². The third-order valence-corrected chi connectivity index (χ3v) is 3.68. The first kappa shape index (κ1) is 15.5. The summed E-state index contributed by atoms with van der Waals surface area (Å²) in [6.45, 7) is 4.25. The van der Waals surface area contributed by atoms with Gasteiger partial charge in [-0.2, -0.15) is 0 Å². The van der Waals surface area contributed by atoms with Crippen LogP contribution in [0.3, 0.4) is 0 Å². The van der Waals surface area contributed by atoms with Crippen LogP contribution in [0.5, 0.6) is 0 Å². The number of carbonyl (C=O) groups is 2. The molecule has 0 radical (unpaired) electrons. The van der Waals surface area contributed by atoms with Crippen molar-refractivity contribution < 1.29 is 9.59 Å². The molecule has 1 saturated heterocycles. The Morgan fingerprint density at radius 1 is 1.05 bits per heavy atom. The van der Waals surface area contributed by atoms with E-state index >= 15 is 0 Å². The lowest BCUT2D eigenvalue weighted by molar-refractivity contribution is -0.139. The SMILES string of the molecule is CC(N)CC(=O)N1CCN(C(=O)Cc2ccccc2)CC1. The maximum absolute atomic E-state index is 12.2.